The van der Waals surface area contributed by atoms with Crippen molar-refractivity contribution in [1.29, 1.82) is 0 Å². The minimum Gasteiger partial charge on any atom is -0.346 e. The molecule has 3 rings (SSSR count). The van der Waals surface area contributed by atoms with Crippen LogP contribution in [0.3, 0.4) is 0 Å². The van der Waals surface area contributed by atoms with Crippen molar-refractivity contribution in [3.63, 3.8) is 0 Å². The Morgan fingerprint density at radius 3 is 2.26 bits per heavy atom. The van der Waals surface area contributed by atoms with Crippen molar-refractivity contribution in [3.05, 3.63) is 70.8 Å². The van der Waals surface area contributed by atoms with Crippen LogP contribution in [-0.2, 0) is 16.1 Å². The van der Waals surface area contributed by atoms with Crippen LogP contribution in [0, 0.1) is 11.6 Å². The zero-order valence-corrected chi connectivity index (χ0v) is 14.7. The molecule has 0 saturated carbocycles. The van der Waals surface area contributed by atoms with E-state index in [2.05, 4.69) is 5.32 Å². The van der Waals surface area contributed by atoms with E-state index in [1.54, 1.807) is 31.2 Å². The van der Waals surface area contributed by atoms with Gasteiger partial charge in [0.25, 0.3) is 5.91 Å². The molecule has 7 heteroatoms. The van der Waals surface area contributed by atoms with E-state index >= 15 is 0 Å². The Kier molecular flexibility index (Phi) is 5.30. The number of benzene rings is 2. The van der Waals surface area contributed by atoms with E-state index < -0.39 is 17.7 Å². The smallest absolute Gasteiger partial charge is 0.251 e. The second kappa shape index (κ2) is 7.65. The molecule has 1 heterocycles. The van der Waals surface area contributed by atoms with Gasteiger partial charge in [0.05, 0.1) is 12.6 Å². The average molecular weight is 372 g/mol. The summed E-state index contributed by atoms with van der Waals surface area (Å²) < 4.78 is 26.3. The second-order valence-corrected chi connectivity index (χ2v) is 6.44. The van der Waals surface area contributed by atoms with Crippen molar-refractivity contribution in [2.24, 2.45) is 0 Å². The number of rotatable bonds is 5. The molecule has 1 atom stereocenters. The van der Waals surface area contributed by atoms with Crippen LogP contribution in [0.2, 0.25) is 0 Å². The summed E-state index contributed by atoms with van der Waals surface area (Å²) in [5, 5.41) is 2.72. The normalized spacial score (nSPS) is 15.1. The molecule has 1 fully saturated rings. The van der Waals surface area contributed by atoms with Crippen LogP contribution in [0.15, 0.2) is 42.5 Å². The molecule has 3 amide bonds. The lowest BCUT2D eigenvalue weighted by molar-refractivity contribution is -0.139. The first-order valence-corrected chi connectivity index (χ1v) is 8.53. The highest BCUT2D eigenvalue weighted by Crippen LogP contribution is 2.18. The molecule has 0 spiro atoms. The van der Waals surface area contributed by atoms with E-state index in [1.165, 1.54) is 11.0 Å². The highest BCUT2D eigenvalue weighted by atomic mass is 19.2. The largest absolute Gasteiger partial charge is 0.346 e. The molecule has 1 saturated heterocycles. The van der Waals surface area contributed by atoms with Crippen molar-refractivity contribution in [1.82, 2.24) is 10.2 Å². The van der Waals surface area contributed by atoms with E-state index in [1.807, 2.05) is 0 Å². The van der Waals surface area contributed by atoms with Crippen molar-refractivity contribution < 1.29 is 23.2 Å². The Bertz CT molecular complexity index is 881. The number of carbonyl (C=O) groups is 3. The molecule has 1 aliphatic heterocycles. The zero-order chi connectivity index (χ0) is 19.6. The summed E-state index contributed by atoms with van der Waals surface area (Å²) in [4.78, 5) is 36.9. The van der Waals surface area contributed by atoms with Crippen LogP contribution >= 0.6 is 0 Å². The maximum Gasteiger partial charge on any atom is 0.251 e. The summed E-state index contributed by atoms with van der Waals surface area (Å²) in [6.45, 7) is 1.86. The number of halogens is 2. The van der Waals surface area contributed by atoms with Gasteiger partial charge >= 0.3 is 0 Å². The number of nitrogens with zero attached hydrogens (tertiary/aromatic N) is 1. The maximum absolute atomic E-state index is 13.3. The highest BCUT2D eigenvalue weighted by molar-refractivity contribution is 6.01. The Hall–Kier alpha value is -3.09. The lowest BCUT2D eigenvalue weighted by Crippen LogP contribution is -2.28. The summed E-state index contributed by atoms with van der Waals surface area (Å²) >= 11 is 0. The summed E-state index contributed by atoms with van der Waals surface area (Å²) in [6, 6.07) is 9.51. The summed E-state index contributed by atoms with van der Waals surface area (Å²) in [7, 11) is 0. The van der Waals surface area contributed by atoms with Gasteiger partial charge in [-0.1, -0.05) is 18.2 Å². The monoisotopic (exact) mass is 372 g/mol. The molecule has 27 heavy (non-hydrogen) atoms. The van der Waals surface area contributed by atoms with Crippen molar-refractivity contribution in [3.8, 4) is 0 Å². The minimum atomic E-state index is -0.969. The molecular formula is C20H18F2N2O3. The molecule has 0 aliphatic carbocycles. The first-order valence-electron chi connectivity index (χ1n) is 8.53. The van der Waals surface area contributed by atoms with Crippen LogP contribution in [0.1, 0.15) is 47.3 Å². The summed E-state index contributed by atoms with van der Waals surface area (Å²) in [6.07, 6.45) is 0.475. The summed E-state index contributed by atoms with van der Waals surface area (Å²) in [5.41, 5.74) is 1.57. The average Bonchev–Trinajstić information content (AvgIpc) is 2.96. The molecule has 0 aromatic heterocycles. The third kappa shape index (κ3) is 4.19. The van der Waals surface area contributed by atoms with Gasteiger partial charge in [-0.05, 0) is 42.3 Å². The first kappa shape index (κ1) is 18.7. The number of carbonyl (C=O) groups excluding carboxylic acids is 3. The van der Waals surface area contributed by atoms with Gasteiger partial charge in [0.15, 0.2) is 11.6 Å². The molecule has 1 aliphatic rings. The predicted octanol–water partition coefficient (Wildman–Crippen LogP) is 3.10. The molecule has 1 N–H and O–H groups in total. The van der Waals surface area contributed by atoms with Gasteiger partial charge in [-0.3, -0.25) is 19.3 Å². The van der Waals surface area contributed by atoms with Gasteiger partial charge in [-0.25, -0.2) is 8.78 Å². The quantitative estimate of drug-likeness (QED) is 0.820. The molecule has 140 valence electrons. The third-order valence-corrected chi connectivity index (χ3v) is 4.50. The molecule has 0 unspecified atom stereocenters. The van der Waals surface area contributed by atoms with Crippen molar-refractivity contribution in [2.45, 2.75) is 32.4 Å². The van der Waals surface area contributed by atoms with Crippen LogP contribution < -0.4 is 5.32 Å². The van der Waals surface area contributed by atoms with Gasteiger partial charge in [0.2, 0.25) is 11.8 Å². The molecular weight excluding hydrogens is 354 g/mol. The molecule has 5 nitrogen and oxygen atoms in total. The van der Waals surface area contributed by atoms with Crippen molar-refractivity contribution >= 4 is 17.7 Å². The Balaban J connectivity index is 1.64. The molecule has 0 radical (unpaired) electrons. The fraction of sp³-hybridized carbons (Fsp3) is 0.250. The fourth-order valence-electron chi connectivity index (χ4n) is 2.89. The second-order valence-electron chi connectivity index (χ2n) is 6.44. The number of nitrogens with one attached hydrogen (secondary N) is 1. The topological polar surface area (TPSA) is 66.5 Å². The highest BCUT2D eigenvalue weighted by Gasteiger charge is 2.28. The van der Waals surface area contributed by atoms with E-state index in [-0.39, 0.29) is 37.1 Å². The van der Waals surface area contributed by atoms with Gasteiger partial charge < -0.3 is 5.32 Å². The van der Waals surface area contributed by atoms with Crippen LogP contribution in [-0.4, -0.2) is 22.6 Å². The Labute approximate surface area is 155 Å². The number of imide groups is 1. The van der Waals surface area contributed by atoms with E-state index in [0.717, 1.165) is 17.7 Å². The number of hydrogen-bond donors (Lipinski definition) is 1. The van der Waals surface area contributed by atoms with Crippen LogP contribution in [0.25, 0.3) is 0 Å². The Morgan fingerprint density at radius 1 is 1.04 bits per heavy atom. The number of hydrogen-bond acceptors (Lipinski definition) is 3. The SMILES string of the molecule is C[C@@H](NC(=O)c1ccc(CN2C(=O)CCC2=O)cc1)c1ccc(F)c(F)c1. The Morgan fingerprint density at radius 2 is 1.67 bits per heavy atom. The van der Waals surface area contributed by atoms with Gasteiger partial charge in [0, 0.05) is 18.4 Å². The van der Waals surface area contributed by atoms with Crippen LogP contribution in [0.5, 0.6) is 0 Å². The fourth-order valence-corrected chi connectivity index (χ4v) is 2.89. The first-order chi connectivity index (χ1) is 12.8. The zero-order valence-electron chi connectivity index (χ0n) is 14.7. The summed E-state index contributed by atoms with van der Waals surface area (Å²) in [5.74, 6) is -2.66. The number of likely N-dealkylation sites (tertiary alicyclic amines) is 1. The lowest BCUT2D eigenvalue weighted by atomic mass is 10.1. The minimum absolute atomic E-state index is 0.185. The van der Waals surface area contributed by atoms with Crippen LogP contribution in [0.4, 0.5) is 8.78 Å². The standard InChI is InChI=1S/C20H18F2N2O3/c1-12(15-6-7-16(21)17(22)10-15)23-20(27)14-4-2-13(3-5-14)11-24-18(25)8-9-19(24)26/h2-7,10,12H,8-9,11H2,1H3,(H,23,27)/t12-/m1/s1. The van der Waals surface area contributed by atoms with E-state index in [9.17, 15) is 23.2 Å². The maximum atomic E-state index is 13.3. The number of amides is 3. The van der Waals surface area contributed by atoms with Gasteiger partial charge in [-0.15, -0.1) is 0 Å². The van der Waals surface area contributed by atoms with Crippen molar-refractivity contribution in [2.75, 3.05) is 0 Å². The lowest BCUT2D eigenvalue weighted by Gasteiger charge is -2.16. The third-order valence-electron chi connectivity index (χ3n) is 4.50. The predicted molar refractivity (Wildman–Crippen MR) is 93.5 cm³/mol. The van der Waals surface area contributed by atoms with Gasteiger partial charge in [-0.2, -0.15) is 0 Å². The van der Waals surface area contributed by atoms with E-state index in [0.29, 0.717) is 11.1 Å². The van der Waals surface area contributed by atoms with Gasteiger partial charge in [0.1, 0.15) is 0 Å². The molecule has 2 aromatic rings. The molecule has 0 bridgehead atoms. The molecule has 2 aromatic carbocycles. The van der Waals surface area contributed by atoms with E-state index in [4.69, 9.17) is 0 Å².